The average molecular weight is 420 g/mol. The van der Waals surface area contributed by atoms with Gasteiger partial charge in [-0.05, 0) is 34.5 Å². The molecule has 1 N–H and O–H groups in total. The first-order chi connectivity index (χ1) is 11.3. The highest BCUT2D eigenvalue weighted by Crippen LogP contribution is 2.34. The molecule has 24 heavy (non-hydrogen) atoms. The summed E-state index contributed by atoms with van der Waals surface area (Å²) in [4.78, 5) is 20.5. The highest BCUT2D eigenvalue weighted by Gasteiger charge is 2.33. The number of para-hydroxylation sites is 1. The Morgan fingerprint density at radius 1 is 1.33 bits per heavy atom. The molecule has 2 aromatic rings. The molecular formula is C15H13BrF3N3OS. The fraction of sp³-hybridized carbons (Fsp3) is 0.267. The Labute approximate surface area is 149 Å². The lowest BCUT2D eigenvalue weighted by Gasteiger charge is -2.13. The maximum Gasteiger partial charge on any atom is 0.418 e. The number of nitrogens with zero attached hydrogens (tertiary/aromatic N) is 2. The molecule has 4 nitrogen and oxygen atoms in total. The molecule has 0 bridgehead atoms. The number of hydrogen-bond acceptors (Lipinski definition) is 4. The molecule has 0 saturated heterocycles. The summed E-state index contributed by atoms with van der Waals surface area (Å²) in [6.07, 6.45) is -2.24. The van der Waals surface area contributed by atoms with Crippen LogP contribution in [-0.4, -0.2) is 21.6 Å². The van der Waals surface area contributed by atoms with Gasteiger partial charge in [-0.2, -0.15) is 13.2 Å². The molecule has 0 atom stereocenters. The van der Waals surface area contributed by atoms with E-state index < -0.39 is 17.6 Å². The minimum atomic E-state index is -4.56. The fourth-order valence-electron chi connectivity index (χ4n) is 1.79. The number of nitrogens with one attached hydrogen (secondary N) is 1. The number of halogens is 4. The first-order valence-corrected chi connectivity index (χ1v) is 8.73. The predicted molar refractivity (Wildman–Crippen MR) is 90.1 cm³/mol. The number of hydrogen-bond donors (Lipinski definition) is 1. The monoisotopic (exact) mass is 419 g/mol. The molecule has 1 aromatic heterocycles. The van der Waals surface area contributed by atoms with Crippen LogP contribution in [0.15, 0.2) is 40.1 Å². The molecule has 2 rings (SSSR count). The van der Waals surface area contributed by atoms with Crippen LogP contribution < -0.4 is 5.32 Å². The summed E-state index contributed by atoms with van der Waals surface area (Å²) in [6, 6.07) is 4.79. The van der Waals surface area contributed by atoms with E-state index in [2.05, 4.69) is 31.2 Å². The minimum Gasteiger partial charge on any atom is -0.320 e. The Kier molecular flexibility index (Phi) is 6.22. The number of rotatable bonds is 5. The lowest BCUT2D eigenvalue weighted by atomic mass is 10.1. The van der Waals surface area contributed by atoms with Crippen LogP contribution in [0.4, 0.5) is 18.9 Å². The Bertz CT molecular complexity index is 740. The number of alkyl halides is 3. The van der Waals surface area contributed by atoms with E-state index in [0.29, 0.717) is 9.63 Å². The van der Waals surface area contributed by atoms with Crippen molar-refractivity contribution < 1.29 is 18.0 Å². The largest absolute Gasteiger partial charge is 0.418 e. The zero-order valence-corrected chi connectivity index (χ0v) is 14.9. The van der Waals surface area contributed by atoms with Crippen molar-refractivity contribution in [3.05, 3.63) is 46.2 Å². The number of aromatic nitrogens is 2. The van der Waals surface area contributed by atoms with Crippen LogP contribution in [0.25, 0.3) is 0 Å². The second-order valence-electron chi connectivity index (χ2n) is 4.70. The summed E-state index contributed by atoms with van der Waals surface area (Å²) in [7, 11) is 0. The van der Waals surface area contributed by atoms with E-state index in [1.165, 1.54) is 36.2 Å². The van der Waals surface area contributed by atoms with Gasteiger partial charge in [0.1, 0.15) is 5.69 Å². The minimum absolute atomic E-state index is 0.0134. The van der Waals surface area contributed by atoms with E-state index in [-0.39, 0.29) is 11.4 Å². The van der Waals surface area contributed by atoms with Crippen molar-refractivity contribution in [1.82, 2.24) is 9.97 Å². The van der Waals surface area contributed by atoms with Gasteiger partial charge >= 0.3 is 6.18 Å². The molecule has 0 fully saturated rings. The predicted octanol–water partition coefficient (Wildman–Crippen LogP) is 5.01. The quantitative estimate of drug-likeness (QED) is 0.546. The molecule has 1 heterocycles. The number of benzene rings is 1. The SMILES string of the molecule is CCCSc1ncc(Br)c(C(=O)Nc2ccccc2C(F)(F)F)n1. The Morgan fingerprint density at radius 3 is 2.71 bits per heavy atom. The number of carbonyl (C=O) groups is 1. The van der Waals surface area contributed by atoms with Crippen molar-refractivity contribution in [2.75, 3.05) is 11.1 Å². The van der Waals surface area contributed by atoms with Gasteiger partial charge in [0.25, 0.3) is 5.91 Å². The van der Waals surface area contributed by atoms with Crippen molar-refractivity contribution in [3.63, 3.8) is 0 Å². The molecule has 1 aromatic carbocycles. The summed E-state index contributed by atoms with van der Waals surface area (Å²) in [6.45, 7) is 1.99. The molecule has 0 aliphatic heterocycles. The van der Waals surface area contributed by atoms with Gasteiger partial charge in [0.2, 0.25) is 0 Å². The molecule has 0 aliphatic carbocycles. The molecule has 0 saturated carbocycles. The van der Waals surface area contributed by atoms with Crippen molar-refractivity contribution in [2.24, 2.45) is 0 Å². The molecular weight excluding hydrogens is 407 g/mol. The Morgan fingerprint density at radius 2 is 2.04 bits per heavy atom. The highest BCUT2D eigenvalue weighted by molar-refractivity contribution is 9.10. The molecule has 9 heteroatoms. The van der Waals surface area contributed by atoms with Crippen LogP contribution in [0, 0.1) is 0 Å². The van der Waals surface area contributed by atoms with E-state index in [1.54, 1.807) is 0 Å². The van der Waals surface area contributed by atoms with Gasteiger partial charge in [-0.25, -0.2) is 9.97 Å². The smallest absolute Gasteiger partial charge is 0.320 e. The van der Waals surface area contributed by atoms with Crippen molar-refractivity contribution >= 4 is 39.3 Å². The maximum atomic E-state index is 13.0. The fourth-order valence-corrected chi connectivity index (χ4v) is 2.83. The number of thioether (sulfide) groups is 1. The van der Waals surface area contributed by atoms with Crippen molar-refractivity contribution in [3.8, 4) is 0 Å². The lowest BCUT2D eigenvalue weighted by molar-refractivity contribution is -0.136. The maximum absolute atomic E-state index is 13.0. The van der Waals surface area contributed by atoms with Crippen molar-refractivity contribution in [1.29, 1.82) is 0 Å². The summed E-state index contributed by atoms with van der Waals surface area (Å²) in [5.41, 5.74) is -1.24. The Balaban J connectivity index is 2.28. The first-order valence-electron chi connectivity index (χ1n) is 6.96. The van der Waals surface area contributed by atoms with Gasteiger partial charge in [0, 0.05) is 11.9 Å². The van der Waals surface area contributed by atoms with Crippen LogP contribution in [0.3, 0.4) is 0 Å². The van der Waals surface area contributed by atoms with Gasteiger partial charge in [-0.3, -0.25) is 4.79 Å². The van der Waals surface area contributed by atoms with Crippen LogP contribution in [0.2, 0.25) is 0 Å². The number of amides is 1. The zero-order chi connectivity index (χ0) is 17.7. The lowest BCUT2D eigenvalue weighted by Crippen LogP contribution is -2.18. The van der Waals surface area contributed by atoms with Crippen LogP contribution >= 0.6 is 27.7 Å². The van der Waals surface area contributed by atoms with E-state index >= 15 is 0 Å². The van der Waals surface area contributed by atoms with Gasteiger partial charge in [0.15, 0.2) is 5.16 Å². The summed E-state index contributed by atoms with van der Waals surface area (Å²) in [5, 5.41) is 2.67. The molecule has 0 unspecified atom stereocenters. The van der Waals surface area contributed by atoms with Gasteiger partial charge < -0.3 is 5.32 Å². The normalized spacial score (nSPS) is 11.4. The third-order valence-electron chi connectivity index (χ3n) is 2.85. The second-order valence-corrected chi connectivity index (χ2v) is 6.61. The first kappa shape index (κ1) is 18.7. The molecule has 0 aliphatic rings. The summed E-state index contributed by atoms with van der Waals surface area (Å²) in [5.74, 6) is 0.0406. The van der Waals surface area contributed by atoms with Crippen molar-refractivity contribution in [2.45, 2.75) is 24.7 Å². The third kappa shape index (κ3) is 4.70. The van der Waals surface area contributed by atoms with E-state index in [0.717, 1.165) is 18.2 Å². The second kappa shape index (κ2) is 7.98. The standard InChI is InChI=1S/C15H13BrF3N3OS/c1-2-7-24-14-20-8-10(16)12(22-14)13(23)21-11-6-4-3-5-9(11)15(17,18)19/h3-6,8H,2,7H2,1H3,(H,21,23). The summed E-state index contributed by atoms with van der Waals surface area (Å²) >= 11 is 4.52. The van der Waals surface area contributed by atoms with E-state index in [1.807, 2.05) is 6.92 Å². The van der Waals surface area contributed by atoms with Crippen LogP contribution in [0.5, 0.6) is 0 Å². The van der Waals surface area contributed by atoms with Gasteiger partial charge in [-0.15, -0.1) is 0 Å². The van der Waals surface area contributed by atoms with Crippen LogP contribution in [-0.2, 0) is 6.18 Å². The van der Waals surface area contributed by atoms with E-state index in [9.17, 15) is 18.0 Å². The third-order valence-corrected chi connectivity index (χ3v) is 4.50. The average Bonchev–Trinajstić information content (AvgIpc) is 2.53. The molecule has 0 radical (unpaired) electrons. The topological polar surface area (TPSA) is 54.9 Å². The van der Waals surface area contributed by atoms with Gasteiger partial charge in [0.05, 0.1) is 15.7 Å². The summed E-state index contributed by atoms with van der Waals surface area (Å²) < 4.78 is 39.3. The zero-order valence-electron chi connectivity index (χ0n) is 12.5. The van der Waals surface area contributed by atoms with Crippen LogP contribution in [0.1, 0.15) is 29.4 Å². The Hall–Kier alpha value is -1.61. The molecule has 128 valence electrons. The van der Waals surface area contributed by atoms with E-state index in [4.69, 9.17) is 0 Å². The molecule has 0 spiro atoms. The highest BCUT2D eigenvalue weighted by atomic mass is 79.9. The molecule has 1 amide bonds. The number of anilines is 1. The van der Waals surface area contributed by atoms with Gasteiger partial charge in [-0.1, -0.05) is 30.8 Å². The number of carbonyl (C=O) groups excluding carboxylic acids is 1.